The Kier molecular flexibility index (Phi) is 7.84. The molecule has 0 N–H and O–H groups in total. The smallest absolute Gasteiger partial charge is 0.270 e. The first kappa shape index (κ1) is 28.0. The lowest BCUT2D eigenvalue weighted by molar-refractivity contribution is -0.384. The number of hydrogen-bond acceptors (Lipinski definition) is 6. The van der Waals surface area contributed by atoms with Crippen molar-refractivity contribution in [3.05, 3.63) is 118 Å². The van der Waals surface area contributed by atoms with Gasteiger partial charge in [0.25, 0.3) is 5.69 Å². The Bertz CT molecular complexity index is 1780. The van der Waals surface area contributed by atoms with Crippen LogP contribution in [0.15, 0.2) is 91.1 Å². The van der Waals surface area contributed by atoms with Crippen LogP contribution >= 0.6 is 0 Å². The van der Waals surface area contributed by atoms with Crippen LogP contribution in [0.25, 0.3) is 28.0 Å². The number of nitrogens with zero attached hydrogens (tertiary/aromatic N) is 5. The van der Waals surface area contributed by atoms with Crippen LogP contribution in [0.4, 0.5) is 10.1 Å². The lowest BCUT2D eigenvalue weighted by atomic mass is 10.1. The summed E-state index contributed by atoms with van der Waals surface area (Å²) in [5, 5.41) is 11.4. The van der Waals surface area contributed by atoms with Crippen LogP contribution < -0.4 is 4.74 Å². The molecule has 218 valence electrons. The third-order valence-electron chi connectivity index (χ3n) is 7.84. The molecule has 43 heavy (non-hydrogen) atoms. The van der Waals surface area contributed by atoms with E-state index in [0.717, 1.165) is 45.0 Å². The van der Waals surface area contributed by atoms with Crippen molar-refractivity contribution in [3.8, 4) is 28.1 Å². The Morgan fingerprint density at radius 3 is 2.35 bits per heavy atom. The first-order valence-corrected chi connectivity index (χ1v) is 14.0. The van der Waals surface area contributed by atoms with Crippen molar-refractivity contribution in [1.82, 2.24) is 19.2 Å². The van der Waals surface area contributed by atoms with Gasteiger partial charge in [-0.25, -0.2) is 9.37 Å². The van der Waals surface area contributed by atoms with Gasteiger partial charge in [0.15, 0.2) is 0 Å². The minimum Gasteiger partial charge on any atom is -0.497 e. The second-order valence-electron chi connectivity index (χ2n) is 10.5. The Morgan fingerprint density at radius 2 is 1.65 bits per heavy atom. The number of halogens is 1. The maximum absolute atomic E-state index is 13.3. The third-order valence-corrected chi connectivity index (χ3v) is 7.84. The molecule has 3 heterocycles. The zero-order chi connectivity index (χ0) is 29.9. The Morgan fingerprint density at radius 1 is 0.930 bits per heavy atom. The van der Waals surface area contributed by atoms with Crippen LogP contribution in [0.5, 0.6) is 5.75 Å². The fraction of sp³-hybridized carbons (Fsp3) is 0.212. The molecule has 0 unspecified atom stereocenters. The summed E-state index contributed by atoms with van der Waals surface area (Å²) < 4.78 is 20.7. The maximum atomic E-state index is 13.3. The fourth-order valence-electron chi connectivity index (χ4n) is 5.45. The number of hydrogen-bond donors (Lipinski definition) is 0. The van der Waals surface area contributed by atoms with Crippen LogP contribution in [-0.4, -0.2) is 63.3 Å². The Hall–Kier alpha value is -5.09. The topological polar surface area (TPSA) is 93.2 Å². The van der Waals surface area contributed by atoms with Crippen LogP contribution in [0.2, 0.25) is 0 Å². The van der Waals surface area contributed by atoms with Crippen molar-refractivity contribution in [2.24, 2.45) is 0 Å². The first-order valence-electron chi connectivity index (χ1n) is 14.0. The highest BCUT2D eigenvalue weighted by Crippen LogP contribution is 2.30. The quantitative estimate of drug-likeness (QED) is 0.175. The minimum absolute atomic E-state index is 0.0292. The van der Waals surface area contributed by atoms with Gasteiger partial charge in [0.1, 0.15) is 17.2 Å². The molecule has 1 aliphatic rings. The first-order chi connectivity index (χ1) is 20.9. The molecule has 0 saturated carbocycles. The van der Waals surface area contributed by atoms with Gasteiger partial charge >= 0.3 is 0 Å². The second kappa shape index (κ2) is 12.0. The molecule has 3 aromatic carbocycles. The van der Waals surface area contributed by atoms with Crippen LogP contribution in [0.3, 0.4) is 0 Å². The molecule has 10 heteroatoms. The molecule has 0 radical (unpaired) electrons. The summed E-state index contributed by atoms with van der Waals surface area (Å²) in [4.78, 5) is 33.1. The Labute approximate surface area is 247 Å². The molecule has 0 spiro atoms. The van der Waals surface area contributed by atoms with E-state index in [9.17, 15) is 19.3 Å². The molecule has 0 bridgehead atoms. The van der Waals surface area contributed by atoms with Gasteiger partial charge in [-0.15, -0.1) is 0 Å². The summed E-state index contributed by atoms with van der Waals surface area (Å²) in [6.45, 7) is 3.16. The fourth-order valence-corrected chi connectivity index (χ4v) is 5.45. The Balaban J connectivity index is 1.27. The molecule has 5 aromatic rings. The van der Waals surface area contributed by atoms with Crippen LogP contribution in [0.1, 0.15) is 11.3 Å². The summed E-state index contributed by atoms with van der Waals surface area (Å²) in [5.74, 6) is 0.466. The summed E-state index contributed by atoms with van der Waals surface area (Å²) in [7, 11) is 1.63. The molecular weight excluding hydrogens is 549 g/mol. The average Bonchev–Trinajstić information content (AvgIpc) is 3.39. The molecule has 6 rings (SSSR count). The molecule has 1 saturated heterocycles. The number of aromatic nitrogens is 2. The van der Waals surface area contributed by atoms with E-state index in [1.165, 1.54) is 18.2 Å². The predicted molar refractivity (Wildman–Crippen MR) is 161 cm³/mol. The zero-order valence-electron chi connectivity index (χ0n) is 23.6. The number of nitro groups is 1. The zero-order valence-corrected chi connectivity index (χ0v) is 23.6. The van der Waals surface area contributed by atoms with E-state index in [2.05, 4.69) is 9.30 Å². The number of nitro benzene ring substituents is 1. The van der Waals surface area contributed by atoms with E-state index < -0.39 is 4.92 Å². The van der Waals surface area contributed by atoms with Gasteiger partial charge in [0.05, 0.1) is 29.8 Å². The van der Waals surface area contributed by atoms with Gasteiger partial charge < -0.3 is 14.0 Å². The number of piperazine rings is 1. The number of amides is 1. The number of methoxy groups -OCH3 is 1. The monoisotopic (exact) mass is 579 g/mol. The maximum Gasteiger partial charge on any atom is 0.270 e. The van der Waals surface area contributed by atoms with Crippen molar-refractivity contribution in [3.63, 3.8) is 0 Å². The molecule has 0 atom stereocenters. The van der Waals surface area contributed by atoms with Gasteiger partial charge in [0.2, 0.25) is 5.91 Å². The van der Waals surface area contributed by atoms with E-state index in [0.29, 0.717) is 32.7 Å². The van der Waals surface area contributed by atoms with Crippen molar-refractivity contribution >= 4 is 17.2 Å². The van der Waals surface area contributed by atoms with Crippen molar-refractivity contribution in [1.29, 1.82) is 0 Å². The molecule has 1 aliphatic heterocycles. The molecular formula is C33H30FN5O4. The standard InChI is InChI=1S/C33H30FN5O4/c1-43-29-12-7-24(8-13-29)33-30(22-36-15-17-37(18-16-36)32(40)19-23-5-10-27(34)11-6-23)38-21-26(9-14-31(38)35-33)25-3-2-4-28(20-25)39(41)42/h2-14,20-21H,15-19,22H2,1H3. The van der Waals surface area contributed by atoms with E-state index in [1.54, 1.807) is 31.4 Å². The lowest BCUT2D eigenvalue weighted by Crippen LogP contribution is -2.48. The van der Waals surface area contributed by atoms with Crippen molar-refractivity contribution < 1.29 is 18.8 Å². The molecule has 1 amide bonds. The van der Waals surface area contributed by atoms with E-state index in [1.807, 2.05) is 53.6 Å². The summed E-state index contributed by atoms with van der Waals surface area (Å²) >= 11 is 0. The van der Waals surface area contributed by atoms with Crippen molar-refractivity contribution in [2.75, 3.05) is 33.3 Å². The van der Waals surface area contributed by atoms with Gasteiger partial charge in [-0.1, -0.05) is 24.3 Å². The normalized spacial score (nSPS) is 13.8. The highest BCUT2D eigenvalue weighted by Gasteiger charge is 2.24. The summed E-state index contributed by atoms with van der Waals surface area (Å²) in [5.41, 5.74) is 5.96. The molecule has 1 fully saturated rings. The molecule has 2 aromatic heterocycles. The van der Waals surface area contributed by atoms with Crippen LogP contribution in [-0.2, 0) is 17.8 Å². The van der Waals surface area contributed by atoms with Gasteiger partial charge in [-0.3, -0.25) is 19.8 Å². The summed E-state index contributed by atoms with van der Waals surface area (Å²) in [6.07, 6.45) is 2.22. The lowest BCUT2D eigenvalue weighted by Gasteiger charge is -2.35. The van der Waals surface area contributed by atoms with E-state index >= 15 is 0 Å². The number of imidazole rings is 1. The van der Waals surface area contributed by atoms with Gasteiger partial charge in [-0.2, -0.15) is 0 Å². The second-order valence-corrected chi connectivity index (χ2v) is 10.5. The van der Waals surface area contributed by atoms with Crippen LogP contribution in [0, 0.1) is 15.9 Å². The number of carbonyl (C=O) groups excluding carboxylic acids is 1. The predicted octanol–water partition coefficient (Wildman–Crippen LogP) is 5.61. The number of rotatable bonds is 8. The van der Waals surface area contributed by atoms with Crippen molar-refractivity contribution in [2.45, 2.75) is 13.0 Å². The number of non-ortho nitro benzene ring substituents is 1. The minimum atomic E-state index is -0.392. The molecule has 9 nitrogen and oxygen atoms in total. The number of benzene rings is 3. The van der Waals surface area contributed by atoms with Gasteiger partial charge in [0, 0.05) is 56.6 Å². The summed E-state index contributed by atoms with van der Waals surface area (Å²) in [6, 6.07) is 24.3. The molecule has 0 aliphatic carbocycles. The number of fused-ring (bicyclic) bond motifs is 1. The highest BCUT2D eigenvalue weighted by molar-refractivity contribution is 5.79. The third kappa shape index (κ3) is 6.09. The van der Waals surface area contributed by atoms with E-state index in [-0.39, 0.29) is 23.8 Å². The average molecular weight is 580 g/mol. The van der Waals surface area contributed by atoms with Gasteiger partial charge in [-0.05, 0) is 65.2 Å². The largest absolute Gasteiger partial charge is 0.497 e. The number of carbonyl (C=O) groups is 1. The number of ether oxygens (including phenoxy) is 1. The SMILES string of the molecule is COc1ccc(-c2nc3ccc(-c4cccc([N+](=O)[O-])c4)cn3c2CN2CCN(C(=O)Cc3ccc(F)cc3)CC2)cc1. The van der Waals surface area contributed by atoms with E-state index in [4.69, 9.17) is 9.72 Å². The highest BCUT2D eigenvalue weighted by atomic mass is 19.1. The number of pyridine rings is 1.